The van der Waals surface area contributed by atoms with Crippen LogP contribution in [0.15, 0.2) is 60.8 Å². The number of hydrogen-bond acceptors (Lipinski definition) is 5. The Kier molecular flexibility index (Phi) is 5.18. The molecule has 0 unspecified atom stereocenters. The van der Waals surface area contributed by atoms with E-state index in [-0.39, 0.29) is 5.69 Å². The first-order chi connectivity index (χ1) is 14.1. The minimum Gasteiger partial charge on any atom is -0.496 e. The SMILES string of the molecule is COC(=O)c1cccc(Cc2c(-c3ccccc3OC)nn3cc(Cl)ccc23)n1. The number of benzene rings is 1. The number of rotatable bonds is 5. The summed E-state index contributed by atoms with van der Waals surface area (Å²) in [6.07, 6.45) is 2.24. The number of aromatic nitrogens is 3. The van der Waals surface area contributed by atoms with Crippen LogP contribution in [-0.2, 0) is 11.2 Å². The molecule has 3 aromatic heterocycles. The van der Waals surface area contributed by atoms with Gasteiger partial charge in [-0.15, -0.1) is 0 Å². The van der Waals surface area contributed by atoms with Crippen LogP contribution >= 0.6 is 11.6 Å². The van der Waals surface area contributed by atoms with Crippen molar-refractivity contribution in [2.75, 3.05) is 14.2 Å². The third kappa shape index (κ3) is 3.67. The zero-order chi connectivity index (χ0) is 20.4. The lowest BCUT2D eigenvalue weighted by molar-refractivity contribution is 0.0593. The van der Waals surface area contributed by atoms with Gasteiger partial charge >= 0.3 is 5.97 Å². The van der Waals surface area contributed by atoms with Gasteiger partial charge < -0.3 is 9.47 Å². The Morgan fingerprint density at radius 3 is 2.69 bits per heavy atom. The quantitative estimate of drug-likeness (QED) is 0.458. The van der Waals surface area contributed by atoms with Gasteiger partial charge in [-0.1, -0.05) is 29.8 Å². The average molecular weight is 408 g/mol. The largest absolute Gasteiger partial charge is 0.496 e. The lowest BCUT2D eigenvalue weighted by atomic mass is 10.0. The number of halogens is 1. The molecule has 1 aromatic carbocycles. The van der Waals surface area contributed by atoms with Crippen molar-refractivity contribution in [3.05, 3.63) is 82.8 Å². The highest BCUT2D eigenvalue weighted by molar-refractivity contribution is 6.30. The molecule has 4 aromatic rings. The molecule has 0 radical (unpaired) electrons. The smallest absolute Gasteiger partial charge is 0.356 e. The first-order valence-electron chi connectivity index (χ1n) is 8.95. The summed E-state index contributed by atoms with van der Waals surface area (Å²) in [4.78, 5) is 16.3. The first kappa shape index (κ1) is 19.0. The average Bonchev–Trinajstić information content (AvgIpc) is 3.10. The van der Waals surface area contributed by atoms with E-state index in [2.05, 4.69) is 4.98 Å². The molecule has 0 saturated carbocycles. The molecule has 0 aliphatic rings. The number of ether oxygens (including phenoxy) is 2. The van der Waals surface area contributed by atoms with Crippen molar-refractivity contribution in [1.82, 2.24) is 14.6 Å². The Balaban J connectivity index is 1.88. The molecule has 0 N–H and O–H groups in total. The third-order valence-electron chi connectivity index (χ3n) is 4.62. The number of nitrogens with zero attached hydrogens (tertiary/aromatic N) is 3. The van der Waals surface area contributed by atoms with E-state index in [9.17, 15) is 4.79 Å². The second kappa shape index (κ2) is 7.93. The van der Waals surface area contributed by atoms with E-state index in [1.165, 1.54) is 7.11 Å². The van der Waals surface area contributed by atoms with Gasteiger partial charge in [0.15, 0.2) is 0 Å². The van der Waals surface area contributed by atoms with Crippen molar-refractivity contribution in [2.45, 2.75) is 6.42 Å². The lowest BCUT2D eigenvalue weighted by Crippen LogP contribution is -2.06. The third-order valence-corrected chi connectivity index (χ3v) is 4.84. The van der Waals surface area contributed by atoms with E-state index in [4.69, 9.17) is 26.2 Å². The minimum atomic E-state index is -0.469. The van der Waals surface area contributed by atoms with Gasteiger partial charge in [0.1, 0.15) is 17.1 Å². The molecule has 0 fully saturated rings. The molecule has 0 atom stereocenters. The topological polar surface area (TPSA) is 65.7 Å². The second-order valence-electron chi connectivity index (χ2n) is 6.39. The number of hydrogen-bond donors (Lipinski definition) is 0. The highest BCUT2D eigenvalue weighted by Crippen LogP contribution is 2.34. The van der Waals surface area contributed by atoms with Crippen LogP contribution in [0.25, 0.3) is 16.8 Å². The molecule has 0 amide bonds. The van der Waals surface area contributed by atoms with Gasteiger partial charge in [0.2, 0.25) is 0 Å². The van der Waals surface area contributed by atoms with Crippen molar-refractivity contribution in [2.24, 2.45) is 0 Å². The molecule has 146 valence electrons. The van der Waals surface area contributed by atoms with Crippen LogP contribution in [0.2, 0.25) is 5.02 Å². The summed E-state index contributed by atoms with van der Waals surface area (Å²) in [5.41, 5.74) is 4.50. The predicted octanol–water partition coefficient (Wildman–Crippen LogP) is 4.44. The molecule has 4 rings (SSSR count). The molecule has 0 aliphatic heterocycles. The first-order valence-corrected chi connectivity index (χ1v) is 9.33. The molecule has 29 heavy (non-hydrogen) atoms. The zero-order valence-corrected chi connectivity index (χ0v) is 16.7. The van der Waals surface area contributed by atoms with E-state index in [0.717, 1.165) is 33.8 Å². The molecule has 7 heteroatoms. The maximum atomic E-state index is 11.9. The Hall–Kier alpha value is -3.38. The molecule has 0 aliphatic carbocycles. The summed E-state index contributed by atoms with van der Waals surface area (Å²) >= 11 is 6.17. The maximum absolute atomic E-state index is 11.9. The molecular formula is C22H18ClN3O3. The standard InChI is InChI=1S/C22H18ClN3O3/c1-28-20-9-4-3-7-16(20)21-17(19-11-10-14(23)13-26(19)25-21)12-15-6-5-8-18(24-15)22(27)29-2/h3-11,13H,12H2,1-2H3. The summed E-state index contributed by atoms with van der Waals surface area (Å²) in [6, 6.07) is 16.8. The zero-order valence-electron chi connectivity index (χ0n) is 15.9. The van der Waals surface area contributed by atoms with E-state index in [1.54, 1.807) is 30.0 Å². The lowest BCUT2D eigenvalue weighted by Gasteiger charge is -2.08. The van der Waals surface area contributed by atoms with Crippen molar-refractivity contribution in [1.29, 1.82) is 0 Å². The number of para-hydroxylation sites is 1. The van der Waals surface area contributed by atoms with E-state index >= 15 is 0 Å². The summed E-state index contributed by atoms with van der Waals surface area (Å²) in [6.45, 7) is 0. The van der Waals surface area contributed by atoms with Gasteiger partial charge in [-0.05, 0) is 36.4 Å². The molecular weight excluding hydrogens is 390 g/mol. The van der Waals surface area contributed by atoms with Crippen LogP contribution in [-0.4, -0.2) is 34.8 Å². The Morgan fingerprint density at radius 2 is 1.90 bits per heavy atom. The fourth-order valence-electron chi connectivity index (χ4n) is 3.28. The predicted molar refractivity (Wildman–Crippen MR) is 111 cm³/mol. The van der Waals surface area contributed by atoms with Crippen LogP contribution in [0, 0.1) is 0 Å². The van der Waals surface area contributed by atoms with Gasteiger partial charge in [0.25, 0.3) is 0 Å². The van der Waals surface area contributed by atoms with E-state index in [1.807, 2.05) is 42.5 Å². The van der Waals surface area contributed by atoms with Gasteiger partial charge in [-0.2, -0.15) is 5.10 Å². The van der Waals surface area contributed by atoms with Crippen LogP contribution in [0.4, 0.5) is 0 Å². The molecule has 6 nitrogen and oxygen atoms in total. The van der Waals surface area contributed by atoms with Gasteiger partial charge in [0.05, 0.1) is 24.8 Å². The molecule has 0 bridgehead atoms. The fraction of sp³-hybridized carbons (Fsp3) is 0.136. The normalized spacial score (nSPS) is 10.9. The Bertz CT molecular complexity index is 1200. The van der Waals surface area contributed by atoms with Crippen LogP contribution < -0.4 is 4.74 Å². The van der Waals surface area contributed by atoms with Crippen molar-refractivity contribution < 1.29 is 14.3 Å². The van der Waals surface area contributed by atoms with Crippen molar-refractivity contribution in [3.63, 3.8) is 0 Å². The number of esters is 1. The Morgan fingerprint density at radius 1 is 1.07 bits per heavy atom. The van der Waals surface area contributed by atoms with Gasteiger partial charge in [-0.3, -0.25) is 0 Å². The number of carbonyl (C=O) groups excluding carboxylic acids is 1. The maximum Gasteiger partial charge on any atom is 0.356 e. The summed E-state index contributed by atoms with van der Waals surface area (Å²) < 4.78 is 12.1. The molecule has 0 spiro atoms. The summed E-state index contributed by atoms with van der Waals surface area (Å²) in [5, 5.41) is 5.34. The van der Waals surface area contributed by atoms with Gasteiger partial charge in [0, 0.05) is 29.4 Å². The number of fused-ring (bicyclic) bond motifs is 1. The van der Waals surface area contributed by atoms with Crippen LogP contribution in [0.1, 0.15) is 21.7 Å². The molecule has 3 heterocycles. The second-order valence-corrected chi connectivity index (χ2v) is 6.82. The Labute approximate surface area is 172 Å². The summed E-state index contributed by atoms with van der Waals surface area (Å²) in [5.74, 6) is 0.253. The number of methoxy groups -OCH3 is 2. The van der Waals surface area contributed by atoms with Crippen LogP contribution in [0.5, 0.6) is 5.75 Å². The van der Waals surface area contributed by atoms with Crippen molar-refractivity contribution in [3.8, 4) is 17.0 Å². The van der Waals surface area contributed by atoms with Gasteiger partial charge in [-0.25, -0.2) is 14.3 Å². The highest BCUT2D eigenvalue weighted by atomic mass is 35.5. The van der Waals surface area contributed by atoms with Crippen molar-refractivity contribution >= 4 is 23.1 Å². The fourth-order valence-corrected chi connectivity index (χ4v) is 3.44. The number of carbonyl (C=O) groups is 1. The molecule has 0 saturated heterocycles. The minimum absolute atomic E-state index is 0.267. The summed E-state index contributed by atoms with van der Waals surface area (Å²) in [7, 11) is 2.97. The number of pyridine rings is 2. The van der Waals surface area contributed by atoms with E-state index < -0.39 is 5.97 Å². The monoisotopic (exact) mass is 407 g/mol. The van der Waals surface area contributed by atoms with Crippen LogP contribution in [0.3, 0.4) is 0 Å². The van der Waals surface area contributed by atoms with E-state index in [0.29, 0.717) is 11.4 Å². The highest BCUT2D eigenvalue weighted by Gasteiger charge is 2.19.